The summed E-state index contributed by atoms with van der Waals surface area (Å²) in [6.45, 7) is 7.21. The molecule has 0 aliphatic carbocycles. The molecular formula is C15H21N3O4. The van der Waals surface area contributed by atoms with E-state index in [4.69, 9.17) is 0 Å². The number of nitro benzene ring substituents is 1. The fourth-order valence-corrected chi connectivity index (χ4v) is 1.66. The van der Waals surface area contributed by atoms with Crippen molar-refractivity contribution in [3.63, 3.8) is 0 Å². The highest BCUT2D eigenvalue weighted by Gasteiger charge is 2.20. The van der Waals surface area contributed by atoms with Crippen molar-refractivity contribution in [1.29, 1.82) is 0 Å². The molecule has 0 spiro atoms. The van der Waals surface area contributed by atoms with Gasteiger partial charge in [-0.3, -0.25) is 19.7 Å². The number of nitrogens with one attached hydrogen (secondary N) is 2. The van der Waals surface area contributed by atoms with E-state index in [1.165, 1.54) is 6.07 Å². The summed E-state index contributed by atoms with van der Waals surface area (Å²) in [6.07, 6.45) is 0.101. The molecule has 0 unspecified atom stereocenters. The van der Waals surface area contributed by atoms with E-state index in [9.17, 15) is 19.7 Å². The van der Waals surface area contributed by atoms with Crippen molar-refractivity contribution in [1.82, 2.24) is 5.32 Å². The van der Waals surface area contributed by atoms with E-state index in [1.54, 1.807) is 39.8 Å². The van der Waals surface area contributed by atoms with Crippen molar-refractivity contribution in [3.05, 3.63) is 33.9 Å². The smallest absolute Gasteiger partial charge is 0.274 e. The van der Waals surface area contributed by atoms with Gasteiger partial charge < -0.3 is 10.6 Å². The maximum atomic E-state index is 11.8. The second-order valence-corrected chi connectivity index (χ2v) is 6.06. The lowest BCUT2D eigenvalue weighted by atomic mass is 9.96. The van der Waals surface area contributed by atoms with Crippen LogP contribution in [0.1, 0.15) is 32.8 Å². The Kier molecular flexibility index (Phi) is 5.62. The quantitative estimate of drug-likeness (QED) is 0.644. The Morgan fingerprint density at radius 3 is 2.45 bits per heavy atom. The van der Waals surface area contributed by atoms with E-state index in [0.29, 0.717) is 11.3 Å². The third-order valence-electron chi connectivity index (χ3n) is 3.01. The van der Waals surface area contributed by atoms with Gasteiger partial charge in [0.1, 0.15) is 0 Å². The van der Waals surface area contributed by atoms with E-state index < -0.39 is 10.3 Å². The van der Waals surface area contributed by atoms with Crippen molar-refractivity contribution in [2.24, 2.45) is 5.41 Å². The number of nitro groups is 1. The summed E-state index contributed by atoms with van der Waals surface area (Å²) in [5.74, 6) is -0.446. The Balaban J connectivity index is 2.54. The molecule has 2 amide bonds. The van der Waals surface area contributed by atoms with Crippen LogP contribution in [0.3, 0.4) is 0 Å². The predicted octanol–water partition coefficient (Wildman–Crippen LogP) is 2.39. The first kappa shape index (κ1) is 17.6. The minimum absolute atomic E-state index is 0.0427. The highest BCUT2D eigenvalue weighted by molar-refractivity contribution is 5.91. The number of hydrogen-bond acceptors (Lipinski definition) is 4. The molecule has 0 aliphatic rings. The van der Waals surface area contributed by atoms with E-state index in [0.717, 1.165) is 0 Å². The Bertz CT molecular complexity index is 591. The van der Waals surface area contributed by atoms with Gasteiger partial charge in [-0.2, -0.15) is 0 Å². The van der Waals surface area contributed by atoms with E-state index >= 15 is 0 Å². The number of anilines is 1. The minimum Gasteiger partial charge on any atom is -0.355 e. The largest absolute Gasteiger partial charge is 0.355 e. The SMILES string of the molecule is Cc1ccc(NC(=O)CCNC(=O)C(C)(C)C)cc1[N+](=O)[O-]. The minimum atomic E-state index is -0.506. The van der Waals surface area contributed by atoms with Crippen LogP contribution in [-0.2, 0) is 9.59 Å². The summed E-state index contributed by atoms with van der Waals surface area (Å²) in [6, 6.07) is 4.50. The molecule has 0 heterocycles. The van der Waals surface area contributed by atoms with E-state index in [2.05, 4.69) is 10.6 Å². The number of benzene rings is 1. The maximum Gasteiger partial charge on any atom is 0.274 e. The lowest BCUT2D eigenvalue weighted by Crippen LogP contribution is -2.36. The van der Waals surface area contributed by atoms with Gasteiger partial charge in [0.2, 0.25) is 11.8 Å². The van der Waals surface area contributed by atoms with Gasteiger partial charge in [-0.15, -0.1) is 0 Å². The molecule has 7 nitrogen and oxygen atoms in total. The molecule has 1 aromatic rings. The fraction of sp³-hybridized carbons (Fsp3) is 0.467. The molecule has 22 heavy (non-hydrogen) atoms. The second-order valence-electron chi connectivity index (χ2n) is 6.06. The van der Waals surface area contributed by atoms with Crippen LogP contribution in [0.5, 0.6) is 0 Å². The third-order valence-corrected chi connectivity index (χ3v) is 3.01. The molecule has 0 aliphatic heterocycles. The standard InChI is InChI=1S/C15H21N3O4/c1-10-5-6-11(9-12(10)18(21)22)17-13(19)7-8-16-14(20)15(2,3)4/h5-6,9H,7-8H2,1-4H3,(H,16,20)(H,17,19). The van der Waals surface area contributed by atoms with Crippen LogP contribution in [0.2, 0.25) is 0 Å². The Morgan fingerprint density at radius 2 is 1.91 bits per heavy atom. The summed E-state index contributed by atoms with van der Waals surface area (Å²) in [5, 5.41) is 16.1. The molecule has 7 heteroatoms. The summed E-state index contributed by atoms with van der Waals surface area (Å²) < 4.78 is 0. The molecule has 0 radical (unpaired) electrons. The van der Waals surface area contributed by atoms with Crippen molar-refractivity contribution < 1.29 is 14.5 Å². The van der Waals surface area contributed by atoms with Crippen LogP contribution in [0.4, 0.5) is 11.4 Å². The zero-order valence-electron chi connectivity index (χ0n) is 13.2. The number of rotatable bonds is 5. The summed E-state index contributed by atoms with van der Waals surface area (Å²) in [7, 11) is 0. The number of amides is 2. The summed E-state index contributed by atoms with van der Waals surface area (Å²) in [4.78, 5) is 33.8. The fourth-order valence-electron chi connectivity index (χ4n) is 1.66. The monoisotopic (exact) mass is 307 g/mol. The van der Waals surface area contributed by atoms with Crippen LogP contribution in [0.25, 0.3) is 0 Å². The normalized spacial score (nSPS) is 10.9. The van der Waals surface area contributed by atoms with Gasteiger partial charge in [0.25, 0.3) is 5.69 Å². The average molecular weight is 307 g/mol. The van der Waals surface area contributed by atoms with Crippen LogP contribution in [0.15, 0.2) is 18.2 Å². The topological polar surface area (TPSA) is 101 Å². The van der Waals surface area contributed by atoms with E-state index in [1.807, 2.05) is 0 Å². The molecule has 0 fully saturated rings. The number of aryl methyl sites for hydroxylation is 1. The van der Waals surface area contributed by atoms with Crippen molar-refractivity contribution in [2.75, 3.05) is 11.9 Å². The molecule has 0 bridgehead atoms. The third kappa shape index (κ3) is 5.16. The van der Waals surface area contributed by atoms with E-state index in [-0.39, 0.29) is 30.5 Å². The highest BCUT2D eigenvalue weighted by atomic mass is 16.6. The van der Waals surface area contributed by atoms with Gasteiger partial charge in [0.05, 0.1) is 4.92 Å². The highest BCUT2D eigenvalue weighted by Crippen LogP contribution is 2.22. The predicted molar refractivity (Wildman–Crippen MR) is 83.5 cm³/mol. The van der Waals surface area contributed by atoms with Crippen LogP contribution >= 0.6 is 0 Å². The Morgan fingerprint density at radius 1 is 1.27 bits per heavy atom. The van der Waals surface area contributed by atoms with Gasteiger partial charge in [0.15, 0.2) is 0 Å². The number of carbonyl (C=O) groups excluding carboxylic acids is 2. The Hall–Kier alpha value is -2.44. The first-order valence-electron chi connectivity index (χ1n) is 6.94. The van der Waals surface area contributed by atoms with Gasteiger partial charge in [-0.25, -0.2) is 0 Å². The molecule has 1 aromatic carbocycles. The summed E-state index contributed by atoms with van der Waals surface area (Å²) >= 11 is 0. The maximum absolute atomic E-state index is 11.8. The number of nitrogens with zero attached hydrogens (tertiary/aromatic N) is 1. The van der Waals surface area contributed by atoms with Crippen LogP contribution < -0.4 is 10.6 Å². The van der Waals surface area contributed by atoms with Gasteiger partial charge >= 0.3 is 0 Å². The van der Waals surface area contributed by atoms with Crippen molar-refractivity contribution in [3.8, 4) is 0 Å². The van der Waals surface area contributed by atoms with Crippen molar-refractivity contribution >= 4 is 23.2 Å². The average Bonchev–Trinajstić information content (AvgIpc) is 2.39. The Labute approximate surface area is 129 Å². The van der Waals surface area contributed by atoms with Crippen molar-refractivity contribution in [2.45, 2.75) is 34.1 Å². The molecule has 0 saturated carbocycles. The lowest BCUT2D eigenvalue weighted by Gasteiger charge is -2.17. The lowest BCUT2D eigenvalue weighted by molar-refractivity contribution is -0.385. The zero-order valence-corrected chi connectivity index (χ0v) is 13.2. The molecular weight excluding hydrogens is 286 g/mol. The molecule has 0 aromatic heterocycles. The number of hydrogen-bond donors (Lipinski definition) is 2. The van der Waals surface area contributed by atoms with Crippen LogP contribution in [0, 0.1) is 22.5 Å². The van der Waals surface area contributed by atoms with Crippen LogP contribution in [-0.4, -0.2) is 23.3 Å². The van der Waals surface area contributed by atoms with Gasteiger partial charge in [-0.05, 0) is 13.0 Å². The molecule has 1 rings (SSSR count). The second kappa shape index (κ2) is 7.02. The summed E-state index contributed by atoms with van der Waals surface area (Å²) in [5.41, 5.74) is 0.345. The zero-order chi connectivity index (χ0) is 16.9. The molecule has 0 saturated heterocycles. The number of carbonyl (C=O) groups is 2. The first-order chi connectivity index (χ1) is 10.1. The molecule has 2 N–H and O–H groups in total. The van der Waals surface area contributed by atoms with Gasteiger partial charge in [0, 0.05) is 35.7 Å². The van der Waals surface area contributed by atoms with Gasteiger partial charge in [-0.1, -0.05) is 26.8 Å². The molecule has 0 atom stereocenters. The molecule has 120 valence electrons. The first-order valence-corrected chi connectivity index (χ1v) is 6.94.